The first-order chi connectivity index (χ1) is 10.2. The van der Waals surface area contributed by atoms with Crippen molar-refractivity contribution in [3.05, 3.63) is 12.3 Å². The summed E-state index contributed by atoms with van der Waals surface area (Å²) in [4.78, 5) is 24.6. The van der Waals surface area contributed by atoms with E-state index in [1.54, 1.807) is 6.20 Å². The number of nitrogens with one attached hydrogen (secondary N) is 1. The average molecular weight is 291 g/mol. The van der Waals surface area contributed by atoms with Crippen molar-refractivity contribution in [1.29, 1.82) is 0 Å². The van der Waals surface area contributed by atoms with Crippen LogP contribution in [0.3, 0.4) is 0 Å². The average Bonchev–Trinajstić information content (AvgIpc) is 2.73. The summed E-state index contributed by atoms with van der Waals surface area (Å²) in [6.07, 6.45) is 3.98. The molecule has 2 saturated heterocycles. The van der Waals surface area contributed by atoms with Crippen molar-refractivity contribution >= 4 is 17.7 Å². The lowest BCUT2D eigenvalue weighted by molar-refractivity contribution is -0.119. The molecule has 0 radical (unpaired) electrons. The molecule has 0 atom stereocenters. The van der Waals surface area contributed by atoms with Crippen molar-refractivity contribution in [3.63, 3.8) is 0 Å². The normalized spacial score (nSPS) is 21.1. The molecule has 0 aromatic carbocycles. The molecule has 0 saturated carbocycles. The van der Waals surface area contributed by atoms with E-state index < -0.39 is 0 Å². The van der Waals surface area contributed by atoms with Gasteiger partial charge in [-0.2, -0.15) is 4.98 Å². The molecule has 0 spiro atoms. The Labute approximate surface area is 124 Å². The first-order valence-corrected chi connectivity index (χ1v) is 7.50. The second-order valence-electron chi connectivity index (χ2n) is 5.56. The maximum atomic E-state index is 11.6. The number of carbonyl (C=O) groups excluding carboxylic acids is 1. The van der Waals surface area contributed by atoms with Gasteiger partial charge in [0, 0.05) is 32.4 Å². The SMILES string of the molecule is O=C1CN(c2nccc(N3CCC(O)CC3)n2)CCCN1. The first kappa shape index (κ1) is 14.1. The fourth-order valence-corrected chi connectivity index (χ4v) is 2.74. The lowest BCUT2D eigenvalue weighted by Gasteiger charge is -2.31. The number of hydrogen-bond acceptors (Lipinski definition) is 6. The Morgan fingerprint density at radius 1 is 1.24 bits per heavy atom. The number of aliphatic hydroxyl groups is 1. The van der Waals surface area contributed by atoms with Crippen molar-refractivity contribution in [2.24, 2.45) is 0 Å². The summed E-state index contributed by atoms with van der Waals surface area (Å²) in [6.45, 7) is 3.40. The van der Waals surface area contributed by atoms with Gasteiger partial charge in [0.15, 0.2) is 0 Å². The zero-order valence-electron chi connectivity index (χ0n) is 12.0. The van der Waals surface area contributed by atoms with Crippen molar-refractivity contribution < 1.29 is 9.90 Å². The first-order valence-electron chi connectivity index (χ1n) is 7.50. The molecule has 7 heteroatoms. The number of nitrogens with zero attached hydrogens (tertiary/aromatic N) is 4. The molecule has 1 amide bonds. The minimum absolute atomic E-state index is 0.0163. The van der Waals surface area contributed by atoms with E-state index in [1.807, 2.05) is 11.0 Å². The quantitative estimate of drug-likeness (QED) is 0.783. The highest BCUT2D eigenvalue weighted by atomic mass is 16.3. The van der Waals surface area contributed by atoms with E-state index in [4.69, 9.17) is 0 Å². The van der Waals surface area contributed by atoms with Gasteiger partial charge in [0.1, 0.15) is 5.82 Å². The Balaban J connectivity index is 1.74. The Morgan fingerprint density at radius 2 is 2.05 bits per heavy atom. The Bertz CT molecular complexity index is 502. The standard InChI is InChI=1S/C14H21N5O2/c20-11-3-8-18(9-4-11)12-2-6-16-14(17-12)19-7-1-5-15-13(21)10-19/h2,6,11,20H,1,3-5,7-10H2,(H,15,21). The summed E-state index contributed by atoms with van der Waals surface area (Å²) in [7, 11) is 0. The molecule has 2 N–H and O–H groups in total. The molecule has 0 unspecified atom stereocenters. The highest BCUT2D eigenvalue weighted by Gasteiger charge is 2.21. The Morgan fingerprint density at radius 3 is 2.86 bits per heavy atom. The van der Waals surface area contributed by atoms with Crippen LogP contribution in [0, 0.1) is 0 Å². The van der Waals surface area contributed by atoms with Crippen LogP contribution < -0.4 is 15.1 Å². The molecule has 7 nitrogen and oxygen atoms in total. The van der Waals surface area contributed by atoms with E-state index in [0.29, 0.717) is 19.0 Å². The van der Waals surface area contributed by atoms with Crippen molar-refractivity contribution in [3.8, 4) is 0 Å². The summed E-state index contributed by atoms with van der Waals surface area (Å²) in [5.74, 6) is 1.50. The van der Waals surface area contributed by atoms with Crippen LogP contribution in [0.15, 0.2) is 12.3 Å². The van der Waals surface area contributed by atoms with Crippen LogP contribution in [0.4, 0.5) is 11.8 Å². The predicted octanol–water partition coefficient (Wildman–Crippen LogP) is -0.236. The van der Waals surface area contributed by atoms with Gasteiger partial charge in [0.2, 0.25) is 11.9 Å². The van der Waals surface area contributed by atoms with Crippen LogP contribution >= 0.6 is 0 Å². The number of anilines is 2. The number of amides is 1. The van der Waals surface area contributed by atoms with Gasteiger partial charge in [-0.15, -0.1) is 0 Å². The fourth-order valence-electron chi connectivity index (χ4n) is 2.74. The van der Waals surface area contributed by atoms with Gasteiger partial charge in [-0.05, 0) is 25.3 Å². The summed E-state index contributed by atoms with van der Waals surface area (Å²) < 4.78 is 0. The van der Waals surface area contributed by atoms with Gasteiger partial charge < -0.3 is 20.2 Å². The van der Waals surface area contributed by atoms with Crippen LogP contribution in [0.1, 0.15) is 19.3 Å². The van der Waals surface area contributed by atoms with Gasteiger partial charge >= 0.3 is 0 Å². The summed E-state index contributed by atoms with van der Waals surface area (Å²) in [5, 5.41) is 12.4. The highest BCUT2D eigenvalue weighted by molar-refractivity contribution is 5.81. The van der Waals surface area contributed by atoms with E-state index >= 15 is 0 Å². The maximum Gasteiger partial charge on any atom is 0.239 e. The number of aliphatic hydroxyl groups excluding tert-OH is 1. The summed E-state index contributed by atoms with van der Waals surface area (Å²) in [5.41, 5.74) is 0. The molecular formula is C14H21N5O2. The Hall–Kier alpha value is -1.89. The van der Waals surface area contributed by atoms with Crippen molar-refractivity contribution in [2.45, 2.75) is 25.4 Å². The van der Waals surface area contributed by atoms with Gasteiger partial charge in [-0.25, -0.2) is 4.98 Å². The van der Waals surface area contributed by atoms with Crippen LogP contribution in [0.5, 0.6) is 0 Å². The monoisotopic (exact) mass is 291 g/mol. The zero-order valence-corrected chi connectivity index (χ0v) is 12.0. The molecule has 1 aromatic heterocycles. The van der Waals surface area contributed by atoms with Crippen LogP contribution in [0.25, 0.3) is 0 Å². The molecule has 2 aliphatic rings. The molecule has 2 aliphatic heterocycles. The zero-order chi connectivity index (χ0) is 14.7. The lowest BCUT2D eigenvalue weighted by Crippen LogP contribution is -2.37. The molecule has 0 aliphatic carbocycles. The van der Waals surface area contributed by atoms with Gasteiger partial charge in [0.05, 0.1) is 12.6 Å². The third kappa shape index (κ3) is 3.41. The molecule has 1 aromatic rings. The topological polar surface area (TPSA) is 81.6 Å². The summed E-state index contributed by atoms with van der Waals surface area (Å²) in [6, 6.07) is 1.89. The van der Waals surface area contributed by atoms with Crippen LogP contribution in [0.2, 0.25) is 0 Å². The molecular weight excluding hydrogens is 270 g/mol. The van der Waals surface area contributed by atoms with Crippen LogP contribution in [-0.4, -0.2) is 59.8 Å². The molecule has 3 heterocycles. The van der Waals surface area contributed by atoms with E-state index in [1.165, 1.54) is 0 Å². The number of hydrogen-bond donors (Lipinski definition) is 2. The van der Waals surface area contributed by atoms with Crippen molar-refractivity contribution in [1.82, 2.24) is 15.3 Å². The number of carbonyl (C=O) groups is 1. The minimum atomic E-state index is -0.197. The second-order valence-corrected chi connectivity index (χ2v) is 5.56. The predicted molar refractivity (Wildman–Crippen MR) is 79.3 cm³/mol. The van der Waals surface area contributed by atoms with Gasteiger partial charge in [-0.3, -0.25) is 4.79 Å². The van der Waals surface area contributed by atoms with Crippen LogP contribution in [-0.2, 0) is 4.79 Å². The molecule has 114 valence electrons. The van der Waals surface area contributed by atoms with Gasteiger partial charge in [-0.1, -0.05) is 0 Å². The molecule has 3 rings (SSSR count). The lowest BCUT2D eigenvalue weighted by atomic mass is 10.1. The van der Waals surface area contributed by atoms with E-state index in [2.05, 4.69) is 20.2 Å². The van der Waals surface area contributed by atoms with E-state index in [-0.39, 0.29) is 12.0 Å². The van der Waals surface area contributed by atoms with E-state index in [9.17, 15) is 9.90 Å². The number of aromatic nitrogens is 2. The third-order valence-electron chi connectivity index (χ3n) is 3.96. The largest absolute Gasteiger partial charge is 0.393 e. The summed E-state index contributed by atoms with van der Waals surface area (Å²) >= 11 is 0. The van der Waals surface area contributed by atoms with E-state index in [0.717, 1.165) is 44.7 Å². The fraction of sp³-hybridized carbons (Fsp3) is 0.643. The van der Waals surface area contributed by atoms with Crippen molar-refractivity contribution in [2.75, 3.05) is 42.5 Å². The minimum Gasteiger partial charge on any atom is -0.393 e. The Kier molecular flexibility index (Phi) is 4.19. The number of piperidine rings is 1. The third-order valence-corrected chi connectivity index (χ3v) is 3.96. The molecule has 0 bridgehead atoms. The number of rotatable bonds is 2. The molecule has 21 heavy (non-hydrogen) atoms. The van der Waals surface area contributed by atoms with Gasteiger partial charge in [0.25, 0.3) is 0 Å². The maximum absolute atomic E-state index is 11.6. The smallest absolute Gasteiger partial charge is 0.239 e. The second kappa shape index (κ2) is 6.26. The molecule has 2 fully saturated rings. The highest BCUT2D eigenvalue weighted by Crippen LogP contribution is 2.20.